The SMILES string of the molecule is Cc1cc2cc(NC3CCCCC3)ccc2[nH]1. The quantitative estimate of drug-likeness (QED) is 0.791. The Balaban J connectivity index is 1.79. The average molecular weight is 228 g/mol. The predicted molar refractivity (Wildman–Crippen MR) is 73.5 cm³/mol. The molecule has 0 unspecified atom stereocenters. The molecular weight excluding hydrogens is 208 g/mol. The van der Waals surface area contributed by atoms with Gasteiger partial charge in [-0.15, -0.1) is 0 Å². The Labute approximate surface area is 102 Å². The number of rotatable bonds is 2. The zero-order valence-electron chi connectivity index (χ0n) is 10.4. The van der Waals surface area contributed by atoms with Crippen LogP contribution in [0.3, 0.4) is 0 Å². The van der Waals surface area contributed by atoms with Gasteiger partial charge >= 0.3 is 0 Å². The Kier molecular flexibility index (Phi) is 2.79. The van der Waals surface area contributed by atoms with Crippen LogP contribution < -0.4 is 5.32 Å². The van der Waals surface area contributed by atoms with Gasteiger partial charge in [0, 0.05) is 28.3 Å². The summed E-state index contributed by atoms with van der Waals surface area (Å²) in [5, 5.41) is 4.98. The van der Waals surface area contributed by atoms with Crippen molar-refractivity contribution < 1.29 is 0 Å². The van der Waals surface area contributed by atoms with Gasteiger partial charge in [-0.05, 0) is 44.0 Å². The van der Waals surface area contributed by atoms with Gasteiger partial charge in [0.25, 0.3) is 0 Å². The van der Waals surface area contributed by atoms with Crippen molar-refractivity contribution in [1.29, 1.82) is 0 Å². The molecule has 0 spiro atoms. The molecule has 2 heteroatoms. The first kappa shape index (κ1) is 10.7. The lowest BCUT2D eigenvalue weighted by atomic mass is 9.95. The molecular formula is C15H20N2. The molecule has 2 aromatic rings. The van der Waals surface area contributed by atoms with Crippen LogP contribution in [-0.4, -0.2) is 11.0 Å². The van der Waals surface area contributed by atoms with Gasteiger partial charge in [0.2, 0.25) is 0 Å². The maximum absolute atomic E-state index is 3.67. The second kappa shape index (κ2) is 4.44. The molecule has 0 radical (unpaired) electrons. The van der Waals surface area contributed by atoms with Crippen molar-refractivity contribution in [2.75, 3.05) is 5.32 Å². The van der Waals surface area contributed by atoms with E-state index in [0.29, 0.717) is 6.04 Å². The topological polar surface area (TPSA) is 27.8 Å². The first-order valence-electron chi connectivity index (χ1n) is 6.67. The first-order chi connectivity index (χ1) is 8.31. The van der Waals surface area contributed by atoms with E-state index in [1.807, 2.05) is 0 Å². The number of fused-ring (bicyclic) bond motifs is 1. The van der Waals surface area contributed by atoms with E-state index in [1.54, 1.807) is 0 Å². The molecule has 1 aliphatic rings. The Morgan fingerprint density at radius 2 is 1.94 bits per heavy atom. The second-order valence-corrected chi connectivity index (χ2v) is 5.23. The van der Waals surface area contributed by atoms with Crippen LogP contribution in [0.5, 0.6) is 0 Å². The van der Waals surface area contributed by atoms with Crippen LogP contribution in [0, 0.1) is 6.92 Å². The molecule has 1 fully saturated rings. The Bertz CT molecular complexity index is 507. The summed E-state index contributed by atoms with van der Waals surface area (Å²) in [7, 11) is 0. The van der Waals surface area contributed by atoms with E-state index in [-0.39, 0.29) is 0 Å². The van der Waals surface area contributed by atoms with Crippen molar-refractivity contribution in [3.05, 3.63) is 30.0 Å². The molecule has 0 atom stereocenters. The van der Waals surface area contributed by atoms with Crippen molar-refractivity contribution in [1.82, 2.24) is 4.98 Å². The summed E-state index contributed by atoms with van der Waals surface area (Å²) in [4.78, 5) is 3.36. The number of hydrogen-bond acceptors (Lipinski definition) is 1. The van der Waals surface area contributed by atoms with Crippen LogP contribution >= 0.6 is 0 Å². The Morgan fingerprint density at radius 1 is 1.12 bits per heavy atom. The molecule has 0 amide bonds. The molecule has 0 saturated heterocycles. The predicted octanol–water partition coefficient (Wildman–Crippen LogP) is 4.22. The third-order valence-electron chi connectivity index (χ3n) is 3.73. The van der Waals surface area contributed by atoms with Gasteiger partial charge in [0.05, 0.1) is 0 Å². The molecule has 90 valence electrons. The zero-order chi connectivity index (χ0) is 11.7. The van der Waals surface area contributed by atoms with E-state index in [1.165, 1.54) is 54.4 Å². The molecule has 3 rings (SSSR count). The molecule has 0 bridgehead atoms. The molecule has 1 saturated carbocycles. The molecule has 1 aromatic heterocycles. The first-order valence-corrected chi connectivity index (χ1v) is 6.67. The highest BCUT2D eigenvalue weighted by Crippen LogP contribution is 2.24. The summed E-state index contributed by atoms with van der Waals surface area (Å²) in [5.74, 6) is 0. The lowest BCUT2D eigenvalue weighted by molar-refractivity contribution is 0.463. The number of anilines is 1. The van der Waals surface area contributed by atoms with Gasteiger partial charge in [0.15, 0.2) is 0 Å². The normalized spacial score (nSPS) is 17.5. The number of H-pyrrole nitrogens is 1. The van der Waals surface area contributed by atoms with Crippen molar-refractivity contribution in [3.8, 4) is 0 Å². The van der Waals surface area contributed by atoms with Crippen LogP contribution in [0.15, 0.2) is 24.3 Å². The lowest BCUT2D eigenvalue weighted by Crippen LogP contribution is -2.22. The molecule has 17 heavy (non-hydrogen) atoms. The van der Waals surface area contributed by atoms with E-state index in [4.69, 9.17) is 0 Å². The fraction of sp³-hybridized carbons (Fsp3) is 0.467. The van der Waals surface area contributed by atoms with Crippen molar-refractivity contribution >= 4 is 16.6 Å². The molecule has 2 nitrogen and oxygen atoms in total. The third-order valence-corrected chi connectivity index (χ3v) is 3.73. The lowest BCUT2D eigenvalue weighted by Gasteiger charge is -2.23. The van der Waals surface area contributed by atoms with E-state index < -0.39 is 0 Å². The summed E-state index contributed by atoms with van der Waals surface area (Å²) in [5.41, 5.74) is 3.73. The third kappa shape index (κ3) is 2.31. The smallest absolute Gasteiger partial charge is 0.0457 e. The highest BCUT2D eigenvalue weighted by atomic mass is 14.9. The minimum absolute atomic E-state index is 0.682. The summed E-state index contributed by atoms with van der Waals surface area (Å²) in [6.45, 7) is 2.11. The largest absolute Gasteiger partial charge is 0.382 e. The van der Waals surface area contributed by atoms with Gasteiger partial charge in [-0.2, -0.15) is 0 Å². The number of aromatic amines is 1. The summed E-state index contributed by atoms with van der Waals surface area (Å²) < 4.78 is 0. The van der Waals surface area contributed by atoms with Crippen LogP contribution in [0.4, 0.5) is 5.69 Å². The maximum atomic E-state index is 3.67. The molecule has 1 aromatic carbocycles. The maximum Gasteiger partial charge on any atom is 0.0457 e. The molecule has 0 aliphatic heterocycles. The van der Waals surface area contributed by atoms with Gasteiger partial charge in [-0.3, -0.25) is 0 Å². The Hall–Kier alpha value is -1.44. The van der Waals surface area contributed by atoms with Crippen molar-refractivity contribution in [2.45, 2.75) is 45.1 Å². The van der Waals surface area contributed by atoms with E-state index in [0.717, 1.165) is 0 Å². The van der Waals surface area contributed by atoms with Crippen LogP contribution in [0.2, 0.25) is 0 Å². The number of benzene rings is 1. The zero-order valence-corrected chi connectivity index (χ0v) is 10.4. The number of nitrogens with one attached hydrogen (secondary N) is 2. The van der Waals surface area contributed by atoms with Crippen LogP contribution in [0.25, 0.3) is 10.9 Å². The molecule has 1 heterocycles. The van der Waals surface area contributed by atoms with E-state index in [9.17, 15) is 0 Å². The summed E-state index contributed by atoms with van der Waals surface area (Å²) in [6.07, 6.45) is 6.81. The monoisotopic (exact) mass is 228 g/mol. The fourth-order valence-electron chi connectivity index (χ4n) is 2.85. The van der Waals surface area contributed by atoms with Gasteiger partial charge in [-0.1, -0.05) is 19.3 Å². The minimum atomic E-state index is 0.682. The highest BCUT2D eigenvalue weighted by molar-refractivity contribution is 5.83. The van der Waals surface area contributed by atoms with Gasteiger partial charge in [0.1, 0.15) is 0 Å². The second-order valence-electron chi connectivity index (χ2n) is 5.23. The van der Waals surface area contributed by atoms with E-state index >= 15 is 0 Å². The number of hydrogen-bond donors (Lipinski definition) is 2. The summed E-state index contributed by atoms with van der Waals surface area (Å²) in [6, 6.07) is 9.51. The highest BCUT2D eigenvalue weighted by Gasteiger charge is 2.12. The van der Waals surface area contributed by atoms with Crippen LogP contribution in [0.1, 0.15) is 37.8 Å². The standard InChI is InChI=1S/C15H20N2/c1-11-9-12-10-14(7-8-15(12)16-11)17-13-5-3-2-4-6-13/h7-10,13,16-17H,2-6H2,1H3. The Morgan fingerprint density at radius 3 is 2.76 bits per heavy atom. The summed E-state index contributed by atoms with van der Waals surface area (Å²) >= 11 is 0. The van der Waals surface area contributed by atoms with Crippen LogP contribution in [-0.2, 0) is 0 Å². The molecule has 1 aliphatic carbocycles. The number of aromatic nitrogens is 1. The van der Waals surface area contributed by atoms with Crippen molar-refractivity contribution in [3.63, 3.8) is 0 Å². The van der Waals surface area contributed by atoms with Crippen molar-refractivity contribution in [2.24, 2.45) is 0 Å². The van der Waals surface area contributed by atoms with Gasteiger partial charge in [-0.25, -0.2) is 0 Å². The van der Waals surface area contributed by atoms with Gasteiger partial charge < -0.3 is 10.3 Å². The fourth-order valence-corrected chi connectivity index (χ4v) is 2.85. The number of aryl methyl sites for hydroxylation is 1. The molecule has 2 N–H and O–H groups in total. The average Bonchev–Trinajstić information content (AvgIpc) is 2.70. The minimum Gasteiger partial charge on any atom is -0.382 e. The van der Waals surface area contributed by atoms with E-state index in [2.05, 4.69) is 41.5 Å².